The molecular weight excluding hydrogens is 370 g/mol. The first-order valence-electron chi connectivity index (χ1n) is 6.61. The van der Waals surface area contributed by atoms with Crippen molar-refractivity contribution in [3.63, 3.8) is 0 Å². The lowest BCUT2D eigenvalue weighted by Crippen LogP contribution is -2.24. The topological polar surface area (TPSA) is 170 Å². The summed E-state index contributed by atoms with van der Waals surface area (Å²) in [6.45, 7) is 7.12. The highest BCUT2D eigenvalue weighted by atomic mass is 32.2. The summed E-state index contributed by atoms with van der Waals surface area (Å²) in [7, 11) is -7.17. The lowest BCUT2D eigenvalue weighted by Gasteiger charge is -2.12. The van der Waals surface area contributed by atoms with Crippen molar-refractivity contribution in [1.82, 2.24) is 0 Å². The van der Waals surface area contributed by atoms with Crippen molar-refractivity contribution >= 4 is 37.4 Å². The second-order valence-corrected chi connectivity index (χ2v) is 8.74. The van der Waals surface area contributed by atoms with Gasteiger partial charge < -0.3 is 11.5 Å². The molecule has 0 aliphatic rings. The number of allylic oxidation sites excluding steroid dienone is 1. The molecule has 0 aliphatic heterocycles. The van der Waals surface area contributed by atoms with E-state index in [4.69, 9.17) is 16.0 Å². The third-order valence-corrected chi connectivity index (χ3v) is 3.78. The molecule has 0 radical (unpaired) electrons. The second kappa shape index (κ2) is 8.23. The van der Waals surface area contributed by atoms with Crippen molar-refractivity contribution in [3.05, 3.63) is 35.4 Å². The van der Waals surface area contributed by atoms with Crippen LogP contribution in [0, 0.1) is 6.92 Å². The molecule has 9 nitrogen and oxygen atoms in total. The van der Waals surface area contributed by atoms with E-state index in [2.05, 4.69) is 11.6 Å². The van der Waals surface area contributed by atoms with Crippen LogP contribution in [0.2, 0.25) is 0 Å². The molecule has 140 valence electrons. The molecule has 0 saturated heterocycles. The molecule has 0 bridgehead atoms. The van der Waals surface area contributed by atoms with Crippen LogP contribution in [0.1, 0.15) is 28.4 Å². The van der Waals surface area contributed by atoms with Gasteiger partial charge in [-0.25, -0.2) is 8.42 Å². The van der Waals surface area contributed by atoms with Crippen LogP contribution in [0.25, 0.3) is 5.57 Å². The Bertz CT molecular complexity index is 920. The van der Waals surface area contributed by atoms with Gasteiger partial charge in [-0.3, -0.25) is 9.35 Å². The minimum absolute atomic E-state index is 0.0322. The number of aryl methyl sites for hydroxylation is 1. The molecule has 0 fully saturated rings. The van der Waals surface area contributed by atoms with Crippen LogP contribution in [0.4, 0.5) is 0 Å². The number of carbonyl (C=O) groups excluding carboxylic acids is 1. The molecule has 11 heteroatoms. The van der Waals surface area contributed by atoms with Gasteiger partial charge in [0.25, 0.3) is 16.0 Å². The quantitative estimate of drug-likeness (QED) is 0.376. The standard InChI is InChI=1S/C13H17N3O3S.CH4O3S/c1-7(2)9-5-8(3)10(12(17)16-13(14)15)6-11(9)20(4,18)19;1-5(2,3)4/h5-6H,1H2,2-4H3,(H4,14,15,16,17);1H3,(H,2,3,4). The smallest absolute Gasteiger partial charge is 0.280 e. The average Bonchev–Trinajstić information content (AvgIpc) is 2.33. The van der Waals surface area contributed by atoms with Gasteiger partial charge in [-0.1, -0.05) is 6.58 Å². The largest absolute Gasteiger partial charge is 0.370 e. The molecular formula is C14H21N3O6S2. The summed E-state index contributed by atoms with van der Waals surface area (Å²) >= 11 is 0. The van der Waals surface area contributed by atoms with Crippen molar-refractivity contribution in [3.8, 4) is 0 Å². The molecule has 1 aromatic rings. The number of amides is 1. The molecule has 0 heterocycles. The third kappa shape index (κ3) is 8.42. The van der Waals surface area contributed by atoms with Crippen LogP contribution in [0.3, 0.4) is 0 Å². The molecule has 1 amide bonds. The number of sulfone groups is 1. The fraction of sp³-hybridized carbons (Fsp3) is 0.286. The average molecular weight is 391 g/mol. The van der Waals surface area contributed by atoms with Crippen molar-refractivity contribution in [2.24, 2.45) is 16.5 Å². The van der Waals surface area contributed by atoms with E-state index in [0.717, 1.165) is 6.26 Å². The number of aliphatic imine (C=N–C) groups is 1. The zero-order valence-electron chi connectivity index (χ0n) is 14.3. The van der Waals surface area contributed by atoms with Crippen LogP contribution in [-0.4, -0.2) is 45.8 Å². The Labute approximate surface area is 147 Å². The lowest BCUT2D eigenvalue weighted by molar-refractivity contribution is 0.100. The number of rotatable bonds is 3. The fourth-order valence-electron chi connectivity index (χ4n) is 1.74. The van der Waals surface area contributed by atoms with Gasteiger partial charge in [0.1, 0.15) is 0 Å². The summed E-state index contributed by atoms with van der Waals surface area (Å²) in [5.41, 5.74) is 12.1. The molecule has 5 N–H and O–H groups in total. The SMILES string of the molecule is C=C(C)c1cc(C)c(C(=O)N=C(N)N)cc1S(C)(=O)=O.CS(=O)(=O)O. The number of nitrogens with two attached hydrogens (primary N) is 2. The molecule has 0 spiro atoms. The summed E-state index contributed by atoms with van der Waals surface area (Å²) in [5.74, 6) is -1.06. The van der Waals surface area contributed by atoms with E-state index in [1.165, 1.54) is 6.07 Å². The molecule has 0 unspecified atom stereocenters. The number of nitrogens with zero attached hydrogens (tertiary/aromatic N) is 1. The lowest BCUT2D eigenvalue weighted by atomic mass is 10.0. The van der Waals surface area contributed by atoms with Gasteiger partial charge in [-0.15, -0.1) is 0 Å². The predicted octanol–water partition coefficient (Wildman–Crippen LogP) is 0.349. The van der Waals surface area contributed by atoms with Gasteiger partial charge in [0, 0.05) is 11.8 Å². The Morgan fingerprint density at radius 2 is 1.56 bits per heavy atom. The summed E-state index contributed by atoms with van der Waals surface area (Å²) in [6.07, 6.45) is 1.78. The Balaban J connectivity index is 0.00000101. The Kier molecular flexibility index (Phi) is 7.49. The Hall–Kier alpha value is -2.24. The maximum atomic E-state index is 11.9. The van der Waals surface area contributed by atoms with E-state index in [1.807, 2.05) is 0 Å². The summed E-state index contributed by atoms with van der Waals surface area (Å²) < 4.78 is 49.5. The molecule has 0 saturated carbocycles. The van der Waals surface area contributed by atoms with Gasteiger partial charge in [0.2, 0.25) is 0 Å². The molecule has 0 aromatic heterocycles. The van der Waals surface area contributed by atoms with Gasteiger partial charge in [-0.05, 0) is 42.7 Å². The first kappa shape index (κ1) is 22.8. The van der Waals surface area contributed by atoms with Crippen molar-refractivity contribution in [2.75, 3.05) is 12.5 Å². The number of hydrogen-bond donors (Lipinski definition) is 3. The minimum atomic E-state index is -3.67. The molecule has 1 rings (SSSR count). The molecule has 25 heavy (non-hydrogen) atoms. The predicted molar refractivity (Wildman–Crippen MR) is 96.6 cm³/mol. The maximum absolute atomic E-state index is 11.9. The van der Waals surface area contributed by atoms with Crippen LogP contribution in [0.15, 0.2) is 28.6 Å². The molecule has 0 aliphatic carbocycles. The van der Waals surface area contributed by atoms with Gasteiger partial charge in [0.15, 0.2) is 15.8 Å². The van der Waals surface area contributed by atoms with Crippen molar-refractivity contribution in [1.29, 1.82) is 0 Å². The molecule has 0 atom stereocenters. The second-order valence-electron chi connectivity index (χ2n) is 5.29. The van der Waals surface area contributed by atoms with Gasteiger partial charge in [0.05, 0.1) is 11.2 Å². The first-order chi connectivity index (χ1) is 11.0. The zero-order valence-corrected chi connectivity index (χ0v) is 15.9. The van der Waals surface area contributed by atoms with Crippen LogP contribution in [-0.2, 0) is 20.0 Å². The normalized spacial score (nSPS) is 11.1. The monoisotopic (exact) mass is 391 g/mol. The highest BCUT2D eigenvalue weighted by molar-refractivity contribution is 7.90. The van der Waals surface area contributed by atoms with Crippen LogP contribution < -0.4 is 11.5 Å². The van der Waals surface area contributed by atoms with Gasteiger partial charge >= 0.3 is 0 Å². The third-order valence-electron chi connectivity index (χ3n) is 2.65. The molecule has 1 aromatic carbocycles. The van der Waals surface area contributed by atoms with Crippen LogP contribution in [0.5, 0.6) is 0 Å². The van der Waals surface area contributed by atoms with Crippen molar-refractivity contribution < 1.29 is 26.2 Å². The summed E-state index contributed by atoms with van der Waals surface area (Å²) in [5, 5.41) is 0. The number of hydrogen-bond acceptors (Lipinski definition) is 5. The summed E-state index contributed by atoms with van der Waals surface area (Å²) in [4.78, 5) is 15.3. The highest BCUT2D eigenvalue weighted by Gasteiger charge is 2.19. The Morgan fingerprint density at radius 3 is 1.88 bits per heavy atom. The van der Waals surface area contributed by atoms with Crippen molar-refractivity contribution in [2.45, 2.75) is 18.7 Å². The number of guanidine groups is 1. The van der Waals surface area contributed by atoms with Crippen LogP contribution >= 0.6 is 0 Å². The fourth-order valence-corrected chi connectivity index (χ4v) is 2.70. The number of carbonyl (C=O) groups is 1. The van der Waals surface area contributed by atoms with E-state index in [1.54, 1.807) is 19.9 Å². The summed E-state index contributed by atoms with van der Waals surface area (Å²) in [6, 6.07) is 2.87. The van der Waals surface area contributed by atoms with E-state index in [9.17, 15) is 21.6 Å². The van der Waals surface area contributed by atoms with E-state index >= 15 is 0 Å². The van der Waals surface area contributed by atoms with E-state index in [0.29, 0.717) is 23.0 Å². The van der Waals surface area contributed by atoms with E-state index in [-0.39, 0.29) is 16.4 Å². The Morgan fingerprint density at radius 1 is 1.12 bits per heavy atom. The van der Waals surface area contributed by atoms with Gasteiger partial charge in [-0.2, -0.15) is 13.4 Å². The van der Waals surface area contributed by atoms with E-state index < -0.39 is 25.9 Å². The number of benzene rings is 1. The zero-order chi connectivity index (χ0) is 20.2. The highest BCUT2D eigenvalue weighted by Crippen LogP contribution is 2.26. The maximum Gasteiger partial charge on any atom is 0.280 e. The first-order valence-corrected chi connectivity index (χ1v) is 10.3. The minimum Gasteiger partial charge on any atom is -0.370 e.